The quantitative estimate of drug-likeness (QED) is 0.149. The van der Waals surface area contributed by atoms with Gasteiger partial charge in [0.05, 0.1) is 10.6 Å². The second-order valence-corrected chi connectivity index (χ2v) is 14.5. The zero-order valence-corrected chi connectivity index (χ0v) is 29.2. The molecule has 0 aliphatic rings. The zero-order chi connectivity index (χ0) is 33.3. The van der Waals surface area contributed by atoms with Crippen LogP contribution < -0.4 is 9.62 Å². The van der Waals surface area contributed by atoms with Crippen LogP contribution in [0, 0.1) is 0 Å². The molecule has 0 aromatic heterocycles. The maximum atomic E-state index is 14.6. The topological polar surface area (TPSA) is 86.8 Å². The standard InChI is InChI=1S/C37H42BrN3O4S/c1-5-28(4)39-37(43)35(24-29-12-8-6-9-13-29)40(25-30-16-20-32(38)21-17-30)36(42)26-41(33-22-18-31(19-23-33)27(2)3)46(44,45)34-14-10-7-11-15-34/h6-23,27-28,35H,5,24-26H2,1-4H3,(H,39,43). The van der Waals surface area contributed by atoms with E-state index in [1.807, 2.05) is 80.6 Å². The third-order valence-electron chi connectivity index (χ3n) is 8.00. The second kappa shape index (κ2) is 16.1. The Bertz CT molecular complexity index is 1680. The van der Waals surface area contributed by atoms with Crippen LogP contribution in [-0.4, -0.2) is 43.8 Å². The van der Waals surface area contributed by atoms with Crippen molar-refractivity contribution >= 4 is 43.5 Å². The normalized spacial score (nSPS) is 12.7. The first-order valence-electron chi connectivity index (χ1n) is 15.6. The molecular weight excluding hydrogens is 662 g/mol. The molecule has 0 bridgehead atoms. The van der Waals surface area contributed by atoms with Crippen molar-refractivity contribution in [2.75, 3.05) is 10.8 Å². The fourth-order valence-electron chi connectivity index (χ4n) is 5.06. The van der Waals surface area contributed by atoms with Gasteiger partial charge in [-0.05, 0) is 72.4 Å². The van der Waals surface area contributed by atoms with E-state index in [0.717, 1.165) is 31.9 Å². The van der Waals surface area contributed by atoms with Crippen LogP contribution in [0.15, 0.2) is 119 Å². The number of anilines is 1. The molecule has 46 heavy (non-hydrogen) atoms. The summed E-state index contributed by atoms with van der Waals surface area (Å²) < 4.78 is 30.3. The number of halogens is 1. The number of hydrogen-bond donors (Lipinski definition) is 1. The summed E-state index contributed by atoms with van der Waals surface area (Å²) in [6.45, 7) is 7.66. The van der Waals surface area contributed by atoms with Gasteiger partial charge in [-0.3, -0.25) is 13.9 Å². The van der Waals surface area contributed by atoms with Crippen molar-refractivity contribution in [2.45, 2.75) is 70.0 Å². The maximum absolute atomic E-state index is 14.6. The van der Waals surface area contributed by atoms with Gasteiger partial charge in [0.25, 0.3) is 10.0 Å². The van der Waals surface area contributed by atoms with Crippen LogP contribution in [0.1, 0.15) is 56.7 Å². The van der Waals surface area contributed by atoms with Gasteiger partial charge < -0.3 is 10.2 Å². The third kappa shape index (κ3) is 9.07. The molecule has 0 saturated heterocycles. The molecule has 2 unspecified atom stereocenters. The molecule has 2 amide bonds. The van der Waals surface area contributed by atoms with Crippen LogP contribution in [0.2, 0.25) is 0 Å². The molecule has 0 aliphatic heterocycles. The molecule has 4 rings (SSSR count). The summed E-state index contributed by atoms with van der Waals surface area (Å²) in [5.74, 6) is -0.531. The van der Waals surface area contributed by atoms with Crippen LogP contribution in [0.5, 0.6) is 0 Å². The first-order valence-corrected chi connectivity index (χ1v) is 17.8. The summed E-state index contributed by atoms with van der Waals surface area (Å²) in [5.41, 5.74) is 3.12. The van der Waals surface area contributed by atoms with E-state index < -0.39 is 28.5 Å². The molecule has 1 N–H and O–H groups in total. The molecule has 0 fully saturated rings. The van der Waals surface area contributed by atoms with E-state index in [9.17, 15) is 18.0 Å². The molecule has 2 atom stereocenters. The molecule has 0 heterocycles. The van der Waals surface area contributed by atoms with Gasteiger partial charge in [0.1, 0.15) is 12.6 Å². The summed E-state index contributed by atoms with van der Waals surface area (Å²) in [4.78, 5) is 30.1. The Balaban J connectivity index is 1.80. The van der Waals surface area contributed by atoms with Crippen LogP contribution in [-0.2, 0) is 32.6 Å². The van der Waals surface area contributed by atoms with Crippen LogP contribution in [0.3, 0.4) is 0 Å². The van der Waals surface area contributed by atoms with E-state index in [4.69, 9.17) is 0 Å². The monoisotopic (exact) mass is 703 g/mol. The van der Waals surface area contributed by atoms with Gasteiger partial charge in [-0.2, -0.15) is 0 Å². The largest absolute Gasteiger partial charge is 0.352 e. The minimum atomic E-state index is -4.14. The first kappa shape index (κ1) is 34.9. The SMILES string of the molecule is CCC(C)NC(=O)C(Cc1ccccc1)N(Cc1ccc(Br)cc1)C(=O)CN(c1ccc(C(C)C)cc1)S(=O)(=O)c1ccccc1. The highest BCUT2D eigenvalue weighted by molar-refractivity contribution is 9.10. The van der Waals surface area contributed by atoms with E-state index >= 15 is 0 Å². The second-order valence-electron chi connectivity index (χ2n) is 11.7. The minimum absolute atomic E-state index is 0.0746. The van der Waals surface area contributed by atoms with Crippen molar-refractivity contribution in [3.63, 3.8) is 0 Å². The van der Waals surface area contributed by atoms with Gasteiger partial charge in [0.2, 0.25) is 11.8 Å². The summed E-state index contributed by atoms with van der Waals surface area (Å²) in [7, 11) is -4.14. The van der Waals surface area contributed by atoms with E-state index in [1.54, 1.807) is 30.3 Å². The highest BCUT2D eigenvalue weighted by Gasteiger charge is 2.35. The molecular formula is C37H42BrN3O4S. The predicted octanol–water partition coefficient (Wildman–Crippen LogP) is 7.32. The van der Waals surface area contributed by atoms with Crippen molar-refractivity contribution in [1.29, 1.82) is 0 Å². The van der Waals surface area contributed by atoms with Crippen LogP contribution in [0.25, 0.3) is 0 Å². The average Bonchev–Trinajstić information content (AvgIpc) is 3.06. The number of hydrogen-bond acceptors (Lipinski definition) is 4. The van der Waals surface area contributed by atoms with Gasteiger partial charge in [0.15, 0.2) is 0 Å². The highest BCUT2D eigenvalue weighted by atomic mass is 79.9. The number of nitrogens with zero attached hydrogens (tertiary/aromatic N) is 2. The van der Waals surface area contributed by atoms with Gasteiger partial charge in [0, 0.05) is 23.5 Å². The third-order valence-corrected chi connectivity index (χ3v) is 10.3. The number of carbonyl (C=O) groups excluding carboxylic acids is 2. The van der Waals surface area contributed by atoms with Gasteiger partial charge in [-0.15, -0.1) is 0 Å². The molecule has 242 valence electrons. The Labute approximate surface area is 281 Å². The lowest BCUT2D eigenvalue weighted by Crippen LogP contribution is -2.54. The van der Waals surface area contributed by atoms with E-state index in [0.29, 0.717) is 5.69 Å². The molecule has 9 heteroatoms. The maximum Gasteiger partial charge on any atom is 0.264 e. The van der Waals surface area contributed by atoms with Crippen LogP contribution >= 0.6 is 15.9 Å². The number of carbonyl (C=O) groups is 2. The number of nitrogens with one attached hydrogen (secondary N) is 1. The van der Waals surface area contributed by atoms with Crippen molar-refractivity contribution in [3.8, 4) is 0 Å². The summed E-state index contributed by atoms with van der Waals surface area (Å²) >= 11 is 3.47. The predicted molar refractivity (Wildman–Crippen MR) is 188 cm³/mol. The molecule has 0 aliphatic carbocycles. The Morgan fingerprint density at radius 1 is 0.783 bits per heavy atom. The lowest BCUT2D eigenvalue weighted by molar-refractivity contribution is -0.140. The van der Waals surface area contributed by atoms with Crippen molar-refractivity contribution in [3.05, 3.63) is 130 Å². The summed E-state index contributed by atoms with van der Waals surface area (Å²) in [6, 6.07) is 31.4. The number of amides is 2. The van der Waals surface area contributed by atoms with Gasteiger partial charge >= 0.3 is 0 Å². The lowest BCUT2D eigenvalue weighted by Gasteiger charge is -2.34. The van der Waals surface area contributed by atoms with Gasteiger partial charge in [-0.1, -0.05) is 109 Å². The molecule has 7 nitrogen and oxygen atoms in total. The van der Waals surface area contributed by atoms with Gasteiger partial charge in [-0.25, -0.2) is 8.42 Å². The Hall–Kier alpha value is -3.95. The lowest BCUT2D eigenvalue weighted by atomic mass is 10.0. The Morgan fingerprint density at radius 2 is 1.37 bits per heavy atom. The van der Waals surface area contributed by atoms with Crippen LogP contribution in [0.4, 0.5) is 5.69 Å². The van der Waals surface area contributed by atoms with E-state index in [1.165, 1.54) is 17.0 Å². The fourth-order valence-corrected chi connectivity index (χ4v) is 6.76. The molecule has 0 saturated carbocycles. The summed E-state index contributed by atoms with van der Waals surface area (Å²) in [6.07, 6.45) is 0.986. The fraction of sp³-hybridized carbons (Fsp3) is 0.297. The molecule has 4 aromatic rings. The average molecular weight is 705 g/mol. The molecule has 4 aromatic carbocycles. The van der Waals surface area contributed by atoms with E-state index in [-0.39, 0.29) is 35.7 Å². The number of sulfonamides is 1. The summed E-state index contributed by atoms with van der Waals surface area (Å²) in [5, 5.41) is 3.07. The Kier molecular flexibility index (Phi) is 12.2. The smallest absolute Gasteiger partial charge is 0.264 e. The van der Waals surface area contributed by atoms with E-state index in [2.05, 4.69) is 35.1 Å². The van der Waals surface area contributed by atoms with Crippen molar-refractivity contribution < 1.29 is 18.0 Å². The number of benzene rings is 4. The molecule has 0 radical (unpaired) electrons. The number of rotatable bonds is 14. The molecule has 0 spiro atoms. The Morgan fingerprint density at radius 3 is 1.93 bits per heavy atom. The highest BCUT2D eigenvalue weighted by Crippen LogP contribution is 2.27. The zero-order valence-electron chi connectivity index (χ0n) is 26.8. The first-order chi connectivity index (χ1) is 22.0. The van der Waals surface area contributed by atoms with Crippen molar-refractivity contribution in [1.82, 2.24) is 10.2 Å². The van der Waals surface area contributed by atoms with Crippen molar-refractivity contribution in [2.24, 2.45) is 0 Å². The minimum Gasteiger partial charge on any atom is -0.352 e.